The summed E-state index contributed by atoms with van der Waals surface area (Å²) in [6.07, 6.45) is 0.544. The van der Waals surface area contributed by atoms with E-state index in [1.165, 1.54) is 4.90 Å². The van der Waals surface area contributed by atoms with Crippen LogP contribution in [0.15, 0.2) is 48.5 Å². The van der Waals surface area contributed by atoms with Gasteiger partial charge >= 0.3 is 0 Å². The number of hydrogen-bond donors (Lipinski definition) is 1. The number of carbonyl (C=O) groups is 3. The first kappa shape index (κ1) is 16.7. The Morgan fingerprint density at radius 2 is 2.00 bits per heavy atom. The first-order chi connectivity index (χ1) is 12.1. The molecule has 1 N–H and O–H groups in total. The van der Waals surface area contributed by atoms with Gasteiger partial charge in [-0.1, -0.05) is 25.1 Å². The van der Waals surface area contributed by atoms with Crippen LogP contribution in [0.3, 0.4) is 0 Å². The number of hydrogen-bond acceptors (Lipinski definition) is 4. The lowest BCUT2D eigenvalue weighted by molar-refractivity contribution is -0.128. The number of anilines is 2. The van der Waals surface area contributed by atoms with Crippen LogP contribution in [-0.2, 0) is 9.59 Å². The highest BCUT2D eigenvalue weighted by Crippen LogP contribution is 2.35. The second-order valence-electron chi connectivity index (χ2n) is 5.70. The third-order valence-electron chi connectivity index (χ3n) is 3.95. The Morgan fingerprint density at radius 3 is 2.68 bits per heavy atom. The third kappa shape index (κ3) is 3.52. The van der Waals surface area contributed by atoms with Gasteiger partial charge in [0.1, 0.15) is 18.6 Å². The van der Waals surface area contributed by atoms with E-state index in [4.69, 9.17) is 4.74 Å². The van der Waals surface area contributed by atoms with Crippen molar-refractivity contribution in [3.8, 4) is 5.75 Å². The molecule has 6 nitrogen and oxygen atoms in total. The van der Waals surface area contributed by atoms with E-state index < -0.39 is 6.10 Å². The van der Waals surface area contributed by atoms with E-state index in [9.17, 15) is 14.4 Å². The summed E-state index contributed by atoms with van der Waals surface area (Å²) < 4.78 is 5.68. The molecule has 1 aliphatic heterocycles. The predicted molar refractivity (Wildman–Crippen MR) is 94.0 cm³/mol. The lowest BCUT2D eigenvalue weighted by Gasteiger charge is -2.33. The summed E-state index contributed by atoms with van der Waals surface area (Å²) in [4.78, 5) is 37.4. The van der Waals surface area contributed by atoms with Crippen molar-refractivity contribution in [2.75, 3.05) is 16.8 Å². The SMILES string of the molecule is CCC1Oc2ccc(C=O)cc2N(CC(=O)Nc2ccccc2)C1=O. The van der Waals surface area contributed by atoms with Crippen molar-refractivity contribution in [3.63, 3.8) is 0 Å². The van der Waals surface area contributed by atoms with Gasteiger partial charge < -0.3 is 10.1 Å². The Bertz CT molecular complexity index is 804. The number of nitrogens with one attached hydrogen (secondary N) is 1. The molecule has 0 saturated carbocycles. The van der Waals surface area contributed by atoms with Crippen LogP contribution in [0.2, 0.25) is 0 Å². The van der Waals surface area contributed by atoms with Gasteiger partial charge in [-0.2, -0.15) is 0 Å². The van der Waals surface area contributed by atoms with E-state index in [-0.39, 0.29) is 18.4 Å². The molecule has 0 aliphatic carbocycles. The molecule has 2 aromatic rings. The van der Waals surface area contributed by atoms with Crippen molar-refractivity contribution in [3.05, 3.63) is 54.1 Å². The van der Waals surface area contributed by atoms with Gasteiger partial charge in [0.05, 0.1) is 5.69 Å². The van der Waals surface area contributed by atoms with Crippen molar-refractivity contribution >= 4 is 29.5 Å². The lowest BCUT2D eigenvalue weighted by Crippen LogP contribution is -2.48. The molecule has 0 spiro atoms. The molecule has 0 aromatic heterocycles. The third-order valence-corrected chi connectivity index (χ3v) is 3.95. The molecular formula is C19H18N2O4. The van der Waals surface area contributed by atoms with Crippen LogP contribution in [0, 0.1) is 0 Å². The largest absolute Gasteiger partial charge is 0.478 e. The lowest BCUT2D eigenvalue weighted by atomic mass is 10.1. The summed E-state index contributed by atoms with van der Waals surface area (Å²) in [6.45, 7) is 1.69. The fraction of sp³-hybridized carbons (Fsp3) is 0.211. The van der Waals surface area contributed by atoms with Crippen molar-refractivity contribution in [1.29, 1.82) is 0 Å². The van der Waals surface area contributed by atoms with E-state index in [0.29, 0.717) is 35.4 Å². The van der Waals surface area contributed by atoms with Gasteiger partial charge in [-0.05, 0) is 36.8 Å². The Morgan fingerprint density at radius 1 is 1.24 bits per heavy atom. The Labute approximate surface area is 145 Å². The fourth-order valence-electron chi connectivity index (χ4n) is 2.70. The molecule has 0 fully saturated rings. The molecule has 0 radical (unpaired) electrons. The van der Waals surface area contributed by atoms with Crippen LogP contribution in [0.25, 0.3) is 0 Å². The predicted octanol–water partition coefficient (Wildman–Crippen LogP) is 2.64. The van der Waals surface area contributed by atoms with E-state index in [1.54, 1.807) is 30.3 Å². The molecule has 1 unspecified atom stereocenters. The van der Waals surface area contributed by atoms with Gasteiger partial charge in [0.2, 0.25) is 5.91 Å². The smallest absolute Gasteiger partial charge is 0.268 e. The number of carbonyl (C=O) groups excluding carboxylic acids is 3. The van der Waals surface area contributed by atoms with Crippen LogP contribution in [0.4, 0.5) is 11.4 Å². The van der Waals surface area contributed by atoms with E-state index >= 15 is 0 Å². The molecule has 0 bridgehead atoms. The van der Waals surface area contributed by atoms with E-state index in [2.05, 4.69) is 5.32 Å². The number of amides is 2. The van der Waals surface area contributed by atoms with E-state index in [0.717, 1.165) is 0 Å². The highest BCUT2D eigenvalue weighted by molar-refractivity contribution is 6.06. The van der Waals surface area contributed by atoms with Crippen LogP contribution in [0.5, 0.6) is 5.75 Å². The van der Waals surface area contributed by atoms with Gasteiger partial charge in [-0.25, -0.2) is 0 Å². The highest BCUT2D eigenvalue weighted by atomic mass is 16.5. The number of rotatable bonds is 5. The summed E-state index contributed by atoms with van der Waals surface area (Å²) >= 11 is 0. The molecule has 1 aliphatic rings. The number of nitrogens with zero attached hydrogens (tertiary/aromatic N) is 1. The number of benzene rings is 2. The average molecular weight is 338 g/mol. The van der Waals surface area contributed by atoms with Crippen LogP contribution in [-0.4, -0.2) is 30.7 Å². The van der Waals surface area contributed by atoms with Gasteiger partial charge in [-0.3, -0.25) is 19.3 Å². The van der Waals surface area contributed by atoms with Gasteiger partial charge in [0.25, 0.3) is 5.91 Å². The monoisotopic (exact) mass is 338 g/mol. The minimum Gasteiger partial charge on any atom is -0.478 e. The van der Waals surface area contributed by atoms with Gasteiger partial charge in [0.15, 0.2) is 6.10 Å². The molecule has 128 valence electrons. The summed E-state index contributed by atoms with van der Waals surface area (Å²) in [7, 11) is 0. The normalized spacial score (nSPS) is 16.0. The van der Waals surface area contributed by atoms with Gasteiger partial charge in [0, 0.05) is 11.3 Å². The fourth-order valence-corrected chi connectivity index (χ4v) is 2.70. The standard InChI is InChI=1S/C19H18N2O4/c1-2-16-19(24)21(11-18(23)20-14-6-4-3-5-7-14)15-10-13(12-22)8-9-17(15)25-16/h3-10,12,16H,2,11H2,1H3,(H,20,23). The van der Waals surface area contributed by atoms with Crippen molar-refractivity contribution in [2.45, 2.75) is 19.4 Å². The maximum atomic E-state index is 12.6. The maximum Gasteiger partial charge on any atom is 0.268 e. The summed E-state index contributed by atoms with van der Waals surface area (Å²) in [6, 6.07) is 13.8. The Hall–Kier alpha value is -3.15. The zero-order valence-electron chi connectivity index (χ0n) is 13.8. The molecule has 6 heteroatoms. The highest BCUT2D eigenvalue weighted by Gasteiger charge is 2.34. The number of para-hydroxylation sites is 1. The van der Waals surface area contributed by atoms with Crippen molar-refractivity contribution < 1.29 is 19.1 Å². The number of ether oxygens (including phenoxy) is 1. The Balaban J connectivity index is 1.86. The molecule has 3 rings (SSSR count). The summed E-state index contributed by atoms with van der Waals surface area (Å²) in [5.41, 5.74) is 1.50. The second kappa shape index (κ2) is 7.17. The molecular weight excluding hydrogens is 320 g/mol. The molecule has 0 saturated heterocycles. The second-order valence-corrected chi connectivity index (χ2v) is 5.70. The van der Waals surface area contributed by atoms with E-state index in [1.807, 2.05) is 25.1 Å². The minimum atomic E-state index is -0.640. The zero-order valence-corrected chi connectivity index (χ0v) is 13.8. The van der Waals surface area contributed by atoms with Crippen LogP contribution >= 0.6 is 0 Å². The molecule has 25 heavy (non-hydrogen) atoms. The minimum absolute atomic E-state index is 0.150. The Kier molecular flexibility index (Phi) is 4.79. The molecule has 1 atom stereocenters. The van der Waals surface area contributed by atoms with Crippen LogP contribution < -0.4 is 15.0 Å². The topological polar surface area (TPSA) is 75.7 Å². The van der Waals surface area contributed by atoms with Crippen molar-refractivity contribution in [2.24, 2.45) is 0 Å². The van der Waals surface area contributed by atoms with Crippen molar-refractivity contribution in [1.82, 2.24) is 0 Å². The quantitative estimate of drug-likeness (QED) is 0.851. The van der Waals surface area contributed by atoms with Crippen LogP contribution in [0.1, 0.15) is 23.7 Å². The first-order valence-corrected chi connectivity index (χ1v) is 8.04. The number of aldehydes is 1. The summed E-state index contributed by atoms with van der Waals surface area (Å²) in [5, 5.41) is 2.76. The first-order valence-electron chi connectivity index (χ1n) is 8.04. The maximum absolute atomic E-state index is 12.6. The van der Waals surface area contributed by atoms with Gasteiger partial charge in [-0.15, -0.1) is 0 Å². The number of fused-ring (bicyclic) bond motifs is 1. The average Bonchev–Trinajstić information content (AvgIpc) is 2.64. The molecule has 1 heterocycles. The summed E-state index contributed by atoms with van der Waals surface area (Å²) in [5.74, 6) is -0.121. The zero-order chi connectivity index (χ0) is 17.8. The molecule has 2 aromatic carbocycles. The molecule has 2 amide bonds.